The molecule has 1 unspecified atom stereocenters. The summed E-state index contributed by atoms with van der Waals surface area (Å²) in [7, 11) is 0. The number of carbonyl (C=O) groups excluding carboxylic acids is 1. The van der Waals surface area contributed by atoms with Crippen molar-refractivity contribution in [3.63, 3.8) is 0 Å². The Balaban J connectivity index is 1.96. The molecule has 1 aliphatic heterocycles. The van der Waals surface area contributed by atoms with E-state index in [0.717, 1.165) is 5.57 Å². The van der Waals surface area contributed by atoms with Crippen LogP contribution < -0.4 is 0 Å². The molecule has 1 saturated carbocycles. The number of ether oxygens (including phenoxy) is 1. The smallest absolute Gasteiger partial charge is 0.334 e. The molecule has 1 atom stereocenters. The van der Waals surface area contributed by atoms with Crippen molar-refractivity contribution in [1.82, 2.24) is 0 Å². The second kappa shape index (κ2) is 3.78. The first-order valence-corrected chi connectivity index (χ1v) is 5.78. The van der Waals surface area contributed by atoms with E-state index >= 15 is 0 Å². The third-order valence-electron chi connectivity index (χ3n) is 3.34. The minimum Gasteiger partial charge on any atom is -0.458 e. The lowest BCUT2D eigenvalue weighted by Gasteiger charge is -2.16. The van der Waals surface area contributed by atoms with Gasteiger partial charge in [-0.05, 0) is 30.4 Å². The van der Waals surface area contributed by atoms with Crippen molar-refractivity contribution < 1.29 is 9.53 Å². The minimum atomic E-state index is -0.124. The Labute approximate surface area is 94.9 Å². The molecular weight excluding hydrogens is 200 g/mol. The number of cyclic esters (lactones) is 1. The van der Waals surface area contributed by atoms with Gasteiger partial charge < -0.3 is 4.74 Å². The SMILES string of the molecule is O=C1OCC=C1C(c1ccccc1)C1CC1. The van der Waals surface area contributed by atoms with Crippen molar-refractivity contribution in [2.75, 3.05) is 6.61 Å². The molecule has 0 aromatic heterocycles. The number of hydrogen-bond donors (Lipinski definition) is 0. The van der Waals surface area contributed by atoms with E-state index in [9.17, 15) is 4.79 Å². The summed E-state index contributed by atoms with van der Waals surface area (Å²) in [6.07, 6.45) is 4.40. The summed E-state index contributed by atoms with van der Waals surface area (Å²) >= 11 is 0. The third-order valence-corrected chi connectivity index (χ3v) is 3.34. The van der Waals surface area contributed by atoms with Crippen LogP contribution in [0.3, 0.4) is 0 Å². The molecule has 1 heterocycles. The fraction of sp³-hybridized carbons (Fsp3) is 0.357. The number of hydrogen-bond acceptors (Lipinski definition) is 2. The Hall–Kier alpha value is -1.57. The lowest BCUT2D eigenvalue weighted by Crippen LogP contribution is -2.11. The van der Waals surface area contributed by atoms with E-state index in [1.54, 1.807) is 0 Å². The third kappa shape index (κ3) is 1.64. The van der Waals surface area contributed by atoms with Crippen molar-refractivity contribution in [1.29, 1.82) is 0 Å². The van der Waals surface area contributed by atoms with Gasteiger partial charge in [0.25, 0.3) is 0 Å². The first-order chi connectivity index (χ1) is 7.86. The fourth-order valence-electron chi connectivity index (χ4n) is 2.42. The number of benzene rings is 1. The van der Waals surface area contributed by atoms with Gasteiger partial charge in [-0.25, -0.2) is 4.79 Å². The van der Waals surface area contributed by atoms with E-state index in [0.29, 0.717) is 12.5 Å². The van der Waals surface area contributed by atoms with Gasteiger partial charge in [-0.3, -0.25) is 0 Å². The van der Waals surface area contributed by atoms with Crippen molar-refractivity contribution in [3.8, 4) is 0 Å². The molecule has 16 heavy (non-hydrogen) atoms. The van der Waals surface area contributed by atoms with E-state index in [2.05, 4.69) is 12.1 Å². The minimum absolute atomic E-state index is 0.124. The zero-order valence-electron chi connectivity index (χ0n) is 9.06. The molecule has 3 rings (SSSR count). The van der Waals surface area contributed by atoms with Crippen LogP contribution in [0.25, 0.3) is 0 Å². The Bertz CT molecular complexity index is 429. The molecule has 0 amide bonds. The van der Waals surface area contributed by atoms with E-state index < -0.39 is 0 Å². The van der Waals surface area contributed by atoms with Crippen molar-refractivity contribution in [3.05, 3.63) is 47.5 Å². The molecule has 1 aliphatic carbocycles. The monoisotopic (exact) mass is 214 g/mol. The normalized spacial score (nSPS) is 21.5. The van der Waals surface area contributed by atoms with E-state index in [4.69, 9.17) is 4.74 Å². The first-order valence-electron chi connectivity index (χ1n) is 5.78. The van der Waals surface area contributed by atoms with Gasteiger partial charge in [0.15, 0.2) is 0 Å². The molecule has 2 heteroatoms. The van der Waals surface area contributed by atoms with Crippen LogP contribution in [0, 0.1) is 5.92 Å². The van der Waals surface area contributed by atoms with Gasteiger partial charge in [0.1, 0.15) is 6.61 Å². The van der Waals surface area contributed by atoms with Crippen LogP contribution in [0.4, 0.5) is 0 Å². The maximum atomic E-state index is 11.6. The topological polar surface area (TPSA) is 26.3 Å². The summed E-state index contributed by atoms with van der Waals surface area (Å²) in [6, 6.07) is 10.3. The number of carbonyl (C=O) groups is 1. The molecule has 1 fully saturated rings. The molecule has 82 valence electrons. The molecule has 1 aromatic carbocycles. The van der Waals surface area contributed by atoms with Gasteiger partial charge in [-0.1, -0.05) is 30.3 Å². The number of rotatable bonds is 3. The maximum absolute atomic E-state index is 11.6. The zero-order valence-corrected chi connectivity index (χ0v) is 9.06. The van der Waals surface area contributed by atoms with Gasteiger partial charge in [0, 0.05) is 11.5 Å². The average Bonchev–Trinajstić information content (AvgIpc) is 3.05. The van der Waals surface area contributed by atoms with Crippen molar-refractivity contribution in [2.24, 2.45) is 5.92 Å². The Morgan fingerprint density at radius 1 is 1.19 bits per heavy atom. The predicted molar refractivity (Wildman–Crippen MR) is 60.9 cm³/mol. The summed E-state index contributed by atoms with van der Waals surface area (Å²) in [4.78, 5) is 11.6. The van der Waals surface area contributed by atoms with Crippen molar-refractivity contribution >= 4 is 5.97 Å². The maximum Gasteiger partial charge on any atom is 0.334 e. The van der Waals surface area contributed by atoms with Crippen LogP contribution in [0.2, 0.25) is 0 Å². The highest BCUT2D eigenvalue weighted by Gasteiger charge is 2.38. The molecule has 2 nitrogen and oxygen atoms in total. The highest BCUT2D eigenvalue weighted by molar-refractivity contribution is 5.92. The Morgan fingerprint density at radius 2 is 1.94 bits per heavy atom. The van der Waals surface area contributed by atoms with Gasteiger partial charge >= 0.3 is 5.97 Å². The zero-order chi connectivity index (χ0) is 11.0. The Kier molecular flexibility index (Phi) is 2.28. The lowest BCUT2D eigenvalue weighted by atomic mass is 9.87. The molecule has 0 spiro atoms. The largest absolute Gasteiger partial charge is 0.458 e. The number of esters is 1. The highest BCUT2D eigenvalue weighted by Crippen LogP contribution is 2.47. The highest BCUT2D eigenvalue weighted by atomic mass is 16.5. The quantitative estimate of drug-likeness (QED) is 0.723. The van der Waals surface area contributed by atoms with Gasteiger partial charge in [-0.2, -0.15) is 0 Å². The van der Waals surface area contributed by atoms with E-state index in [1.165, 1.54) is 18.4 Å². The first kappa shape index (κ1) is 9.64. The molecule has 1 aromatic rings. The molecule has 0 saturated heterocycles. The summed E-state index contributed by atoms with van der Waals surface area (Å²) < 4.78 is 5.01. The summed E-state index contributed by atoms with van der Waals surface area (Å²) in [5.74, 6) is 0.774. The van der Waals surface area contributed by atoms with Gasteiger partial charge in [0.05, 0.1) is 0 Å². The van der Waals surface area contributed by atoms with Crippen LogP contribution in [0.1, 0.15) is 24.3 Å². The van der Waals surface area contributed by atoms with Crippen LogP contribution >= 0.6 is 0 Å². The van der Waals surface area contributed by atoms with Gasteiger partial charge in [-0.15, -0.1) is 0 Å². The van der Waals surface area contributed by atoms with Crippen LogP contribution in [-0.2, 0) is 9.53 Å². The summed E-state index contributed by atoms with van der Waals surface area (Å²) in [6.45, 7) is 0.449. The average molecular weight is 214 g/mol. The lowest BCUT2D eigenvalue weighted by molar-refractivity contribution is -0.136. The summed E-state index contributed by atoms with van der Waals surface area (Å²) in [5, 5.41) is 0. The fourth-order valence-corrected chi connectivity index (χ4v) is 2.42. The molecule has 0 radical (unpaired) electrons. The Morgan fingerprint density at radius 3 is 2.50 bits per heavy atom. The van der Waals surface area contributed by atoms with Crippen molar-refractivity contribution in [2.45, 2.75) is 18.8 Å². The predicted octanol–water partition coefficient (Wildman–Crippen LogP) is 2.66. The van der Waals surface area contributed by atoms with Gasteiger partial charge in [0.2, 0.25) is 0 Å². The standard InChI is InChI=1S/C14H14O2/c15-14-12(8-9-16-14)13(11-6-7-11)10-4-2-1-3-5-10/h1-5,8,11,13H,6-7,9H2. The second-order valence-corrected chi connectivity index (χ2v) is 4.48. The second-order valence-electron chi connectivity index (χ2n) is 4.48. The summed E-state index contributed by atoms with van der Waals surface area (Å²) in [5.41, 5.74) is 2.11. The van der Waals surface area contributed by atoms with E-state index in [1.807, 2.05) is 24.3 Å². The van der Waals surface area contributed by atoms with E-state index in [-0.39, 0.29) is 11.9 Å². The molecular formula is C14H14O2. The van der Waals surface area contributed by atoms with Crippen LogP contribution in [0.5, 0.6) is 0 Å². The molecule has 0 N–H and O–H groups in total. The molecule has 2 aliphatic rings. The molecule has 0 bridgehead atoms. The van der Waals surface area contributed by atoms with Crippen LogP contribution in [-0.4, -0.2) is 12.6 Å². The van der Waals surface area contributed by atoms with Crippen LogP contribution in [0.15, 0.2) is 42.0 Å².